The predicted octanol–water partition coefficient (Wildman–Crippen LogP) is 3.81. The topological polar surface area (TPSA) is 15.3 Å². The summed E-state index contributed by atoms with van der Waals surface area (Å²) >= 11 is 0. The molecule has 116 valence electrons. The molecule has 0 radical (unpaired) electrons. The quantitative estimate of drug-likeness (QED) is 0.826. The lowest BCUT2D eigenvalue weighted by Crippen LogP contribution is -2.65. The van der Waals surface area contributed by atoms with Gasteiger partial charge in [-0.05, 0) is 50.4 Å². The molecule has 3 fully saturated rings. The average Bonchev–Trinajstić information content (AvgIpc) is 2.86. The Morgan fingerprint density at radius 3 is 2.30 bits per heavy atom. The van der Waals surface area contributed by atoms with E-state index in [9.17, 15) is 0 Å². The minimum atomic E-state index is 0.482. The van der Waals surface area contributed by atoms with E-state index in [0.29, 0.717) is 5.54 Å². The van der Waals surface area contributed by atoms with Crippen LogP contribution in [-0.4, -0.2) is 35.6 Å². The molecule has 0 aromatic heterocycles. The van der Waals surface area contributed by atoms with Crippen LogP contribution in [0.3, 0.4) is 0 Å². The van der Waals surface area contributed by atoms with E-state index in [1.165, 1.54) is 64.5 Å². The minimum Gasteiger partial charge on any atom is -0.308 e. The first kappa shape index (κ1) is 14.8. The number of hydrogen-bond donors (Lipinski definition) is 1. The number of rotatable bonds is 2. The van der Waals surface area contributed by atoms with Crippen LogP contribution in [-0.2, 0) is 0 Å². The molecule has 2 nitrogen and oxygen atoms in total. The number of nitrogens with zero attached hydrogens (tertiary/aromatic N) is 1. The van der Waals surface area contributed by atoms with Crippen LogP contribution in [0, 0.1) is 11.8 Å². The third-order valence-corrected chi connectivity index (χ3v) is 6.32. The summed E-state index contributed by atoms with van der Waals surface area (Å²) in [6.07, 6.45) is 11.3. The van der Waals surface area contributed by atoms with Crippen molar-refractivity contribution in [2.45, 2.75) is 89.8 Å². The van der Waals surface area contributed by atoms with Gasteiger partial charge < -0.3 is 5.32 Å². The van der Waals surface area contributed by atoms with Crippen molar-refractivity contribution in [1.29, 1.82) is 0 Å². The van der Waals surface area contributed by atoms with Gasteiger partial charge in [0.25, 0.3) is 0 Å². The van der Waals surface area contributed by atoms with Gasteiger partial charge >= 0.3 is 0 Å². The zero-order valence-electron chi connectivity index (χ0n) is 13.8. The fourth-order valence-electron chi connectivity index (χ4n) is 5.35. The molecule has 20 heavy (non-hydrogen) atoms. The summed E-state index contributed by atoms with van der Waals surface area (Å²) in [5.74, 6) is 1.85. The highest BCUT2D eigenvalue weighted by Crippen LogP contribution is 2.38. The molecule has 3 aliphatic rings. The largest absolute Gasteiger partial charge is 0.308 e. The molecule has 2 heteroatoms. The molecule has 3 atom stereocenters. The Kier molecular flexibility index (Phi) is 4.42. The Hall–Kier alpha value is -0.0800. The van der Waals surface area contributed by atoms with Crippen LogP contribution in [0.4, 0.5) is 0 Å². The Morgan fingerprint density at radius 1 is 1.05 bits per heavy atom. The molecule has 0 aromatic carbocycles. The van der Waals surface area contributed by atoms with Crippen molar-refractivity contribution in [3.63, 3.8) is 0 Å². The van der Waals surface area contributed by atoms with Crippen molar-refractivity contribution in [3.8, 4) is 0 Å². The van der Waals surface area contributed by atoms with Gasteiger partial charge in [0.1, 0.15) is 0 Å². The molecule has 0 aromatic rings. The van der Waals surface area contributed by atoms with E-state index in [4.69, 9.17) is 0 Å². The zero-order chi connectivity index (χ0) is 14.2. The molecular formula is C18H34N2. The molecule has 1 saturated heterocycles. The van der Waals surface area contributed by atoms with E-state index < -0.39 is 0 Å². The molecule has 0 bridgehead atoms. The van der Waals surface area contributed by atoms with E-state index in [-0.39, 0.29) is 0 Å². The normalized spacial score (nSPS) is 42.1. The molecule has 1 aliphatic heterocycles. The van der Waals surface area contributed by atoms with Crippen LogP contribution >= 0.6 is 0 Å². The van der Waals surface area contributed by atoms with Crippen molar-refractivity contribution in [2.75, 3.05) is 13.1 Å². The number of piperazine rings is 1. The van der Waals surface area contributed by atoms with Gasteiger partial charge in [-0.15, -0.1) is 0 Å². The Labute approximate surface area is 125 Å². The maximum atomic E-state index is 3.95. The minimum absolute atomic E-state index is 0.482. The molecule has 3 rings (SSSR count). The molecule has 3 unspecified atom stereocenters. The van der Waals surface area contributed by atoms with E-state index in [1.54, 1.807) is 0 Å². The second-order valence-electron chi connectivity index (χ2n) is 8.17. The summed E-state index contributed by atoms with van der Waals surface area (Å²) in [7, 11) is 0. The lowest BCUT2D eigenvalue weighted by atomic mass is 9.78. The van der Waals surface area contributed by atoms with Crippen LogP contribution in [0.25, 0.3) is 0 Å². The SMILES string of the molecule is CCC1CNC2(CCCC2)CN1C1CC(C)CC(C)C1. The van der Waals surface area contributed by atoms with Crippen LogP contribution in [0.2, 0.25) is 0 Å². The molecule has 2 saturated carbocycles. The third-order valence-electron chi connectivity index (χ3n) is 6.32. The Bertz CT molecular complexity index is 311. The summed E-state index contributed by atoms with van der Waals surface area (Å²) in [6.45, 7) is 9.88. The third kappa shape index (κ3) is 2.92. The number of nitrogens with one attached hydrogen (secondary N) is 1. The Morgan fingerprint density at radius 2 is 1.70 bits per heavy atom. The van der Waals surface area contributed by atoms with Crippen molar-refractivity contribution in [3.05, 3.63) is 0 Å². The van der Waals surface area contributed by atoms with Gasteiger partial charge in [0.05, 0.1) is 0 Å². The molecule has 1 spiro atoms. The summed E-state index contributed by atoms with van der Waals surface area (Å²) in [5.41, 5.74) is 0.482. The van der Waals surface area contributed by atoms with Crippen molar-refractivity contribution < 1.29 is 0 Å². The van der Waals surface area contributed by atoms with Crippen LogP contribution < -0.4 is 5.32 Å². The number of hydrogen-bond acceptors (Lipinski definition) is 2. The maximum absolute atomic E-state index is 3.95. The summed E-state index contributed by atoms with van der Waals surface area (Å²) in [6, 6.07) is 1.64. The fourth-order valence-corrected chi connectivity index (χ4v) is 5.35. The molecule has 1 N–H and O–H groups in total. The smallest absolute Gasteiger partial charge is 0.0309 e. The van der Waals surface area contributed by atoms with Gasteiger partial charge in [0, 0.05) is 30.7 Å². The molecular weight excluding hydrogens is 244 g/mol. The first-order valence-corrected chi connectivity index (χ1v) is 9.12. The van der Waals surface area contributed by atoms with Gasteiger partial charge in [-0.3, -0.25) is 4.90 Å². The second-order valence-corrected chi connectivity index (χ2v) is 8.17. The summed E-state index contributed by atoms with van der Waals surface area (Å²) < 4.78 is 0. The summed E-state index contributed by atoms with van der Waals surface area (Å²) in [4.78, 5) is 2.94. The monoisotopic (exact) mass is 278 g/mol. The predicted molar refractivity (Wildman–Crippen MR) is 86.0 cm³/mol. The van der Waals surface area contributed by atoms with Crippen molar-refractivity contribution in [2.24, 2.45) is 11.8 Å². The van der Waals surface area contributed by atoms with Gasteiger partial charge in [-0.25, -0.2) is 0 Å². The van der Waals surface area contributed by atoms with E-state index in [2.05, 4.69) is 31.0 Å². The van der Waals surface area contributed by atoms with Crippen LogP contribution in [0.5, 0.6) is 0 Å². The van der Waals surface area contributed by atoms with Crippen molar-refractivity contribution in [1.82, 2.24) is 10.2 Å². The standard InChI is InChI=1S/C18H34N2/c1-4-16-12-19-18(7-5-6-8-18)13-20(16)17-10-14(2)9-15(3)11-17/h14-17,19H,4-13H2,1-3H3. The zero-order valence-corrected chi connectivity index (χ0v) is 13.8. The molecule has 1 heterocycles. The van der Waals surface area contributed by atoms with Gasteiger partial charge in [0.15, 0.2) is 0 Å². The van der Waals surface area contributed by atoms with E-state index >= 15 is 0 Å². The lowest BCUT2D eigenvalue weighted by Gasteiger charge is -2.51. The second kappa shape index (κ2) is 5.96. The highest BCUT2D eigenvalue weighted by molar-refractivity contribution is 5.02. The van der Waals surface area contributed by atoms with Crippen LogP contribution in [0.15, 0.2) is 0 Å². The van der Waals surface area contributed by atoms with Crippen molar-refractivity contribution >= 4 is 0 Å². The lowest BCUT2D eigenvalue weighted by molar-refractivity contribution is 0.00966. The molecule has 0 amide bonds. The average molecular weight is 278 g/mol. The van der Waals surface area contributed by atoms with E-state index in [1.807, 2.05) is 0 Å². The first-order chi connectivity index (χ1) is 9.62. The van der Waals surface area contributed by atoms with Gasteiger partial charge in [-0.1, -0.05) is 33.6 Å². The molecule has 2 aliphatic carbocycles. The van der Waals surface area contributed by atoms with Crippen LogP contribution in [0.1, 0.15) is 72.1 Å². The maximum Gasteiger partial charge on any atom is 0.0309 e. The Balaban J connectivity index is 1.73. The fraction of sp³-hybridized carbons (Fsp3) is 1.00. The van der Waals surface area contributed by atoms with Gasteiger partial charge in [0.2, 0.25) is 0 Å². The first-order valence-electron chi connectivity index (χ1n) is 9.12. The summed E-state index contributed by atoms with van der Waals surface area (Å²) in [5, 5.41) is 3.95. The van der Waals surface area contributed by atoms with E-state index in [0.717, 1.165) is 23.9 Å². The highest BCUT2D eigenvalue weighted by atomic mass is 15.3. The van der Waals surface area contributed by atoms with Gasteiger partial charge in [-0.2, -0.15) is 0 Å². The highest BCUT2D eigenvalue weighted by Gasteiger charge is 2.43.